The summed E-state index contributed by atoms with van der Waals surface area (Å²) >= 11 is 0. The van der Waals surface area contributed by atoms with Crippen LogP contribution in [0, 0.1) is 0 Å². The zero-order valence-electron chi connectivity index (χ0n) is 7.95. The summed E-state index contributed by atoms with van der Waals surface area (Å²) in [5.74, 6) is -0.0942. The summed E-state index contributed by atoms with van der Waals surface area (Å²) in [5.41, 5.74) is 5.60. The summed E-state index contributed by atoms with van der Waals surface area (Å²) in [4.78, 5) is 22.4. The third kappa shape index (κ3) is 1.87. The van der Waals surface area contributed by atoms with Crippen molar-refractivity contribution in [1.29, 1.82) is 0 Å². The third-order valence-electron chi connectivity index (χ3n) is 2.83. The topological polar surface area (TPSA) is 84.2 Å². The molecule has 78 valence electrons. The Labute approximate surface area is 82.4 Å². The molecular weight excluding hydrogens is 182 g/mol. The summed E-state index contributed by atoms with van der Waals surface area (Å²) in [7, 11) is 0. The molecule has 0 radical (unpaired) electrons. The number of nitrogens with one attached hydrogen (secondary N) is 2. The molecule has 2 rings (SSSR count). The lowest BCUT2D eigenvalue weighted by atomic mass is 9.87. The number of carbonyl (C=O) groups is 2. The van der Waals surface area contributed by atoms with E-state index in [-0.39, 0.29) is 29.9 Å². The van der Waals surface area contributed by atoms with Crippen LogP contribution in [0.4, 0.5) is 0 Å². The van der Waals surface area contributed by atoms with Gasteiger partial charge in [0.2, 0.25) is 11.8 Å². The molecule has 14 heavy (non-hydrogen) atoms. The second kappa shape index (κ2) is 3.57. The molecule has 0 spiro atoms. The molecule has 0 aromatic rings. The molecule has 0 bridgehead atoms. The van der Waals surface area contributed by atoms with Crippen LogP contribution in [0.15, 0.2) is 0 Å². The van der Waals surface area contributed by atoms with Crippen molar-refractivity contribution in [1.82, 2.24) is 10.6 Å². The van der Waals surface area contributed by atoms with Crippen LogP contribution in [0.2, 0.25) is 0 Å². The number of hydrogen-bond donors (Lipinski definition) is 3. The smallest absolute Gasteiger partial charge is 0.242 e. The quantitative estimate of drug-likeness (QED) is 0.524. The first-order valence-corrected chi connectivity index (χ1v) is 5.00. The van der Waals surface area contributed by atoms with Gasteiger partial charge in [0.05, 0.1) is 0 Å². The lowest BCUT2D eigenvalue weighted by Crippen LogP contribution is -2.54. The predicted octanol–water partition coefficient (Wildman–Crippen LogP) is -1.13. The van der Waals surface area contributed by atoms with Crippen molar-refractivity contribution in [2.75, 3.05) is 0 Å². The number of nitrogens with two attached hydrogens (primary N) is 1. The maximum Gasteiger partial charge on any atom is 0.242 e. The number of amides is 2. The van der Waals surface area contributed by atoms with Crippen LogP contribution >= 0.6 is 0 Å². The van der Waals surface area contributed by atoms with Crippen molar-refractivity contribution in [3.63, 3.8) is 0 Å². The van der Waals surface area contributed by atoms with Gasteiger partial charge in [0.1, 0.15) is 6.04 Å². The lowest BCUT2D eigenvalue weighted by Gasteiger charge is -2.33. The van der Waals surface area contributed by atoms with Crippen molar-refractivity contribution in [3.05, 3.63) is 0 Å². The minimum atomic E-state index is -0.320. The number of hydrogen-bond acceptors (Lipinski definition) is 3. The van der Waals surface area contributed by atoms with Gasteiger partial charge < -0.3 is 16.4 Å². The monoisotopic (exact) mass is 197 g/mol. The van der Waals surface area contributed by atoms with E-state index < -0.39 is 0 Å². The van der Waals surface area contributed by atoms with Gasteiger partial charge in [-0.05, 0) is 19.3 Å². The van der Waals surface area contributed by atoms with Gasteiger partial charge in [-0.1, -0.05) is 0 Å². The molecule has 2 fully saturated rings. The Hall–Kier alpha value is -1.10. The maximum absolute atomic E-state index is 11.5. The molecule has 1 saturated carbocycles. The Morgan fingerprint density at radius 1 is 1.50 bits per heavy atom. The largest absolute Gasteiger partial charge is 0.351 e. The fraction of sp³-hybridized carbons (Fsp3) is 0.778. The molecule has 0 unspecified atom stereocenters. The average Bonchev–Trinajstić information content (AvgIpc) is 2.49. The fourth-order valence-corrected chi connectivity index (χ4v) is 1.89. The lowest BCUT2D eigenvalue weighted by molar-refractivity contribution is -0.126. The highest BCUT2D eigenvalue weighted by molar-refractivity contribution is 5.90. The molecule has 1 heterocycles. The van der Waals surface area contributed by atoms with Gasteiger partial charge in [0.25, 0.3) is 0 Å². The minimum Gasteiger partial charge on any atom is -0.351 e. The molecule has 1 aliphatic heterocycles. The SMILES string of the molecule is NC1CC(NC(=O)[C@H]2CCC(=O)N2)C1. The zero-order chi connectivity index (χ0) is 10.1. The molecule has 4 N–H and O–H groups in total. The van der Waals surface area contributed by atoms with E-state index in [1.807, 2.05) is 0 Å². The normalized spacial score (nSPS) is 36.1. The van der Waals surface area contributed by atoms with Crippen LogP contribution in [-0.2, 0) is 9.59 Å². The van der Waals surface area contributed by atoms with Crippen molar-refractivity contribution in [3.8, 4) is 0 Å². The standard InChI is InChI=1S/C9H15N3O2/c10-5-3-6(4-5)11-9(14)7-1-2-8(13)12-7/h5-7H,1-4,10H2,(H,11,14)(H,12,13)/t5?,6?,7-/m1/s1. The molecule has 2 aliphatic rings. The molecule has 1 aliphatic carbocycles. The van der Waals surface area contributed by atoms with Gasteiger partial charge >= 0.3 is 0 Å². The van der Waals surface area contributed by atoms with Crippen LogP contribution in [0.3, 0.4) is 0 Å². The predicted molar refractivity (Wildman–Crippen MR) is 50.3 cm³/mol. The van der Waals surface area contributed by atoms with Crippen LogP contribution in [-0.4, -0.2) is 29.9 Å². The van der Waals surface area contributed by atoms with E-state index in [9.17, 15) is 9.59 Å². The summed E-state index contributed by atoms with van der Waals surface area (Å²) in [5, 5.41) is 5.51. The Balaban J connectivity index is 1.76. The van der Waals surface area contributed by atoms with E-state index in [1.165, 1.54) is 0 Å². The van der Waals surface area contributed by atoms with Crippen LogP contribution in [0.25, 0.3) is 0 Å². The fourth-order valence-electron chi connectivity index (χ4n) is 1.89. The third-order valence-corrected chi connectivity index (χ3v) is 2.83. The number of carbonyl (C=O) groups excluding carboxylic acids is 2. The van der Waals surface area contributed by atoms with Crippen LogP contribution < -0.4 is 16.4 Å². The maximum atomic E-state index is 11.5. The van der Waals surface area contributed by atoms with Crippen molar-refractivity contribution >= 4 is 11.8 Å². The number of rotatable bonds is 2. The molecule has 0 aromatic carbocycles. The van der Waals surface area contributed by atoms with E-state index in [1.54, 1.807) is 0 Å². The average molecular weight is 197 g/mol. The molecule has 5 nitrogen and oxygen atoms in total. The first kappa shape index (κ1) is 9.45. The van der Waals surface area contributed by atoms with Gasteiger partial charge in [-0.15, -0.1) is 0 Å². The summed E-state index contributed by atoms with van der Waals surface area (Å²) in [6.07, 6.45) is 2.78. The van der Waals surface area contributed by atoms with Crippen molar-refractivity contribution in [2.45, 2.75) is 43.8 Å². The Morgan fingerprint density at radius 2 is 2.21 bits per heavy atom. The zero-order valence-corrected chi connectivity index (χ0v) is 7.95. The Morgan fingerprint density at radius 3 is 2.71 bits per heavy atom. The van der Waals surface area contributed by atoms with E-state index in [2.05, 4.69) is 10.6 Å². The molecule has 1 saturated heterocycles. The second-order valence-electron chi connectivity index (χ2n) is 4.10. The minimum absolute atomic E-state index is 0.0320. The van der Waals surface area contributed by atoms with Crippen molar-refractivity contribution in [2.24, 2.45) is 5.73 Å². The van der Waals surface area contributed by atoms with Gasteiger partial charge in [-0.25, -0.2) is 0 Å². The first-order chi connectivity index (χ1) is 6.65. The summed E-state index contributed by atoms with van der Waals surface area (Å²) in [6, 6.07) is 0.132. The molecule has 2 amide bonds. The molecule has 5 heteroatoms. The van der Waals surface area contributed by atoms with Gasteiger partial charge in [0, 0.05) is 18.5 Å². The van der Waals surface area contributed by atoms with Gasteiger partial charge in [-0.2, -0.15) is 0 Å². The van der Waals surface area contributed by atoms with E-state index in [0.29, 0.717) is 12.8 Å². The van der Waals surface area contributed by atoms with Crippen LogP contribution in [0.1, 0.15) is 25.7 Å². The highest BCUT2D eigenvalue weighted by Gasteiger charge is 2.32. The van der Waals surface area contributed by atoms with E-state index in [0.717, 1.165) is 12.8 Å². The second-order valence-corrected chi connectivity index (χ2v) is 4.10. The summed E-state index contributed by atoms with van der Waals surface area (Å²) < 4.78 is 0. The highest BCUT2D eigenvalue weighted by Crippen LogP contribution is 2.18. The van der Waals surface area contributed by atoms with Gasteiger partial charge in [-0.3, -0.25) is 9.59 Å². The molecular formula is C9H15N3O2. The Kier molecular flexibility index (Phi) is 2.41. The van der Waals surface area contributed by atoms with Crippen molar-refractivity contribution < 1.29 is 9.59 Å². The highest BCUT2D eigenvalue weighted by atomic mass is 16.2. The van der Waals surface area contributed by atoms with E-state index in [4.69, 9.17) is 5.73 Å². The van der Waals surface area contributed by atoms with E-state index >= 15 is 0 Å². The van der Waals surface area contributed by atoms with Crippen LogP contribution in [0.5, 0.6) is 0 Å². The molecule has 0 aromatic heterocycles. The molecule has 1 atom stereocenters. The van der Waals surface area contributed by atoms with Gasteiger partial charge in [0.15, 0.2) is 0 Å². The Bertz CT molecular complexity index is 261. The summed E-state index contributed by atoms with van der Waals surface area (Å²) in [6.45, 7) is 0. The first-order valence-electron chi connectivity index (χ1n) is 5.00.